The molecule has 5 N–H and O–H groups in total. The number of halogens is 2. The summed E-state index contributed by atoms with van der Waals surface area (Å²) in [7, 11) is -14.3. The van der Waals surface area contributed by atoms with Crippen LogP contribution in [0.3, 0.4) is 0 Å². The summed E-state index contributed by atoms with van der Waals surface area (Å²) in [5, 5.41) is 13.6. The van der Waals surface area contributed by atoms with E-state index >= 15 is 0 Å². The standard InChI is InChI=1S/C25H27F2N4O10PS2/c26-25(27,42(35,36)37)19-13-11-18(12-14-19)17-21(30-43(38,39)20-7-2-1-3-8-20)24(32)28-15-6-16-29-44(40,41)23-10-5-4-9-22(23)31(33)34/h1-5,7-14,21,29-30H,6,15-17H2,(H,28,32)(H2,35,36,37). The average molecular weight is 677 g/mol. The Kier molecular flexibility index (Phi) is 11.1. The van der Waals surface area contributed by atoms with E-state index in [1.54, 1.807) is 6.07 Å². The van der Waals surface area contributed by atoms with Crippen LogP contribution in [0.15, 0.2) is 88.7 Å². The number of rotatable bonds is 15. The van der Waals surface area contributed by atoms with Crippen LogP contribution in [-0.4, -0.2) is 56.6 Å². The monoisotopic (exact) mass is 676 g/mol. The van der Waals surface area contributed by atoms with Crippen LogP contribution < -0.4 is 14.8 Å². The number of nitro benzene ring substituents is 1. The number of nitrogens with zero attached hydrogens (tertiary/aromatic N) is 1. The molecule has 14 nitrogen and oxygen atoms in total. The zero-order valence-corrected chi connectivity index (χ0v) is 25.1. The molecule has 19 heteroatoms. The van der Waals surface area contributed by atoms with Gasteiger partial charge in [0, 0.05) is 24.7 Å². The summed E-state index contributed by atoms with van der Waals surface area (Å²) in [6.07, 6.45) is -0.361. The van der Waals surface area contributed by atoms with Gasteiger partial charge >= 0.3 is 13.3 Å². The van der Waals surface area contributed by atoms with Crippen LogP contribution in [0, 0.1) is 10.1 Å². The Labute approximate surface area is 250 Å². The number of hydrogen-bond donors (Lipinski definition) is 5. The lowest BCUT2D eigenvalue weighted by Crippen LogP contribution is -2.48. The van der Waals surface area contributed by atoms with Gasteiger partial charge in [-0.25, -0.2) is 21.6 Å². The van der Waals surface area contributed by atoms with Gasteiger partial charge in [0.05, 0.1) is 9.82 Å². The van der Waals surface area contributed by atoms with Gasteiger partial charge in [0.25, 0.3) is 5.69 Å². The third-order valence-corrected chi connectivity index (χ3v) is 10.1. The third kappa shape index (κ3) is 8.72. The smallest absolute Gasteiger partial charge is 0.355 e. The number of carbonyl (C=O) groups excluding carboxylic acids is 1. The number of sulfonamides is 2. The molecule has 0 bridgehead atoms. The molecule has 0 radical (unpaired) electrons. The molecule has 1 unspecified atom stereocenters. The molecule has 3 aromatic rings. The van der Waals surface area contributed by atoms with Crippen molar-refractivity contribution < 1.29 is 49.7 Å². The Morgan fingerprint density at radius 3 is 2.09 bits per heavy atom. The van der Waals surface area contributed by atoms with Crippen molar-refractivity contribution in [2.24, 2.45) is 0 Å². The summed E-state index contributed by atoms with van der Waals surface area (Å²) in [6, 6.07) is 13.9. The molecule has 0 fully saturated rings. The van der Waals surface area contributed by atoms with Gasteiger partial charge in [-0.1, -0.05) is 54.6 Å². The zero-order chi connectivity index (χ0) is 32.8. The van der Waals surface area contributed by atoms with E-state index in [1.807, 2.05) is 0 Å². The molecule has 44 heavy (non-hydrogen) atoms. The van der Waals surface area contributed by atoms with Gasteiger partial charge in [0.1, 0.15) is 6.04 Å². The summed E-state index contributed by atoms with van der Waals surface area (Å²) in [5.41, 5.74) is -5.91. The molecule has 238 valence electrons. The molecule has 1 atom stereocenters. The van der Waals surface area contributed by atoms with Crippen LogP contribution in [-0.2, 0) is 41.5 Å². The maximum atomic E-state index is 14.0. The number of nitrogens with one attached hydrogen (secondary N) is 3. The Balaban J connectivity index is 1.71. The lowest BCUT2D eigenvalue weighted by molar-refractivity contribution is -0.387. The fraction of sp³-hybridized carbons (Fsp3) is 0.240. The summed E-state index contributed by atoms with van der Waals surface area (Å²) in [5.74, 6) is -0.851. The molecule has 1 amide bonds. The van der Waals surface area contributed by atoms with Crippen LogP contribution in [0.25, 0.3) is 0 Å². The van der Waals surface area contributed by atoms with Crippen molar-refractivity contribution in [1.82, 2.24) is 14.8 Å². The average Bonchev–Trinajstić information content (AvgIpc) is 2.96. The van der Waals surface area contributed by atoms with Crippen molar-refractivity contribution in [3.63, 3.8) is 0 Å². The first-order valence-corrected chi connectivity index (χ1v) is 17.1. The van der Waals surface area contributed by atoms with Crippen LogP contribution in [0.5, 0.6) is 0 Å². The molecule has 0 aliphatic rings. The maximum Gasteiger partial charge on any atom is 0.399 e. The Morgan fingerprint density at radius 1 is 0.909 bits per heavy atom. The van der Waals surface area contributed by atoms with Crippen LogP contribution in [0.1, 0.15) is 17.5 Å². The first-order chi connectivity index (χ1) is 20.5. The third-order valence-electron chi connectivity index (χ3n) is 6.07. The summed E-state index contributed by atoms with van der Waals surface area (Å²) in [6.45, 7) is -0.403. The van der Waals surface area contributed by atoms with Crippen molar-refractivity contribution in [3.05, 3.63) is 100 Å². The second-order valence-corrected chi connectivity index (χ2v) is 14.3. The fourth-order valence-electron chi connectivity index (χ4n) is 3.83. The first kappa shape index (κ1) is 34.8. The number of nitro groups is 1. The van der Waals surface area contributed by atoms with Crippen LogP contribution >= 0.6 is 7.60 Å². The second-order valence-electron chi connectivity index (χ2n) is 9.24. The van der Waals surface area contributed by atoms with Crippen molar-refractivity contribution in [2.45, 2.75) is 34.3 Å². The molecule has 0 aliphatic carbocycles. The number of carbonyl (C=O) groups is 1. The van der Waals surface area contributed by atoms with Crippen LogP contribution in [0.2, 0.25) is 0 Å². The highest BCUT2D eigenvalue weighted by Gasteiger charge is 2.50. The van der Waals surface area contributed by atoms with E-state index in [0.717, 1.165) is 36.4 Å². The second kappa shape index (κ2) is 14.0. The highest BCUT2D eigenvalue weighted by Crippen LogP contribution is 2.59. The summed E-state index contributed by atoms with van der Waals surface area (Å²) < 4.78 is 94.6. The van der Waals surface area contributed by atoms with Crippen molar-refractivity contribution in [1.29, 1.82) is 0 Å². The molecule has 0 heterocycles. The molecular weight excluding hydrogens is 649 g/mol. The summed E-state index contributed by atoms with van der Waals surface area (Å²) >= 11 is 0. The van der Waals surface area contributed by atoms with Gasteiger partial charge in [-0.3, -0.25) is 19.5 Å². The first-order valence-electron chi connectivity index (χ1n) is 12.6. The lowest BCUT2D eigenvalue weighted by Gasteiger charge is -2.20. The highest BCUT2D eigenvalue weighted by atomic mass is 32.2. The molecule has 0 spiro atoms. The number of para-hydroxylation sites is 1. The number of amides is 1. The number of benzene rings is 3. The van der Waals surface area contributed by atoms with E-state index < -0.39 is 66.3 Å². The van der Waals surface area contributed by atoms with Crippen LogP contribution in [0.4, 0.5) is 14.5 Å². The zero-order valence-electron chi connectivity index (χ0n) is 22.5. The number of hydrogen-bond acceptors (Lipinski definition) is 8. The maximum absolute atomic E-state index is 14.0. The Hall–Kier alpha value is -3.64. The molecule has 0 aliphatic heterocycles. The van der Waals surface area contributed by atoms with E-state index in [4.69, 9.17) is 9.79 Å². The van der Waals surface area contributed by atoms with E-state index in [0.29, 0.717) is 0 Å². The van der Waals surface area contributed by atoms with E-state index in [1.165, 1.54) is 36.4 Å². The fourth-order valence-corrected chi connectivity index (χ4v) is 6.78. The van der Waals surface area contributed by atoms with E-state index in [2.05, 4.69) is 14.8 Å². The Morgan fingerprint density at radius 2 is 1.50 bits per heavy atom. The van der Waals surface area contributed by atoms with Gasteiger partial charge in [0.15, 0.2) is 4.90 Å². The predicted molar refractivity (Wildman–Crippen MR) is 153 cm³/mol. The molecule has 0 saturated heterocycles. The minimum Gasteiger partial charge on any atom is -0.355 e. The SMILES string of the molecule is O=C(NCCCNS(=O)(=O)c1ccccc1[N+](=O)[O-])C(Cc1ccc(C(F)(F)P(=O)(O)O)cc1)NS(=O)(=O)c1ccccc1. The van der Waals surface area contributed by atoms with E-state index in [9.17, 15) is 45.1 Å². The molecule has 0 aromatic heterocycles. The lowest BCUT2D eigenvalue weighted by atomic mass is 10.0. The van der Waals surface area contributed by atoms with Gasteiger partial charge < -0.3 is 15.1 Å². The van der Waals surface area contributed by atoms with Crippen molar-refractivity contribution in [2.75, 3.05) is 13.1 Å². The predicted octanol–water partition coefficient (Wildman–Crippen LogP) is 2.20. The quantitative estimate of drug-likeness (QED) is 0.0683. The van der Waals surface area contributed by atoms with Gasteiger partial charge in [-0.05, 0) is 36.6 Å². The van der Waals surface area contributed by atoms with Crippen molar-refractivity contribution >= 4 is 39.2 Å². The van der Waals surface area contributed by atoms with Gasteiger partial charge in [0.2, 0.25) is 26.0 Å². The van der Waals surface area contributed by atoms with Gasteiger partial charge in [-0.15, -0.1) is 0 Å². The van der Waals surface area contributed by atoms with E-state index in [-0.39, 0.29) is 36.4 Å². The molecule has 3 aromatic carbocycles. The minimum absolute atomic E-state index is 0.00406. The highest BCUT2D eigenvalue weighted by molar-refractivity contribution is 7.89. The number of alkyl halides is 2. The normalized spacial score (nSPS) is 13.3. The topological polar surface area (TPSA) is 222 Å². The largest absolute Gasteiger partial charge is 0.399 e. The minimum atomic E-state index is -5.83. The molecule has 3 rings (SSSR count). The van der Waals surface area contributed by atoms with Crippen molar-refractivity contribution in [3.8, 4) is 0 Å². The molecular formula is C25H27F2N4O10PS2. The Bertz CT molecular complexity index is 1750. The summed E-state index contributed by atoms with van der Waals surface area (Å²) in [4.78, 5) is 40.5. The van der Waals surface area contributed by atoms with Gasteiger partial charge in [-0.2, -0.15) is 13.5 Å². The molecule has 0 saturated carbocycles.